The third-order valence-corrected chi connectivity index (χ3v) is 6.18. The maximum Gasteiger partial charge on any atom is 0.416 e. The van der Waals surface area contributed by atoms with Crippen molar-refractivity contribution < 1.29 is 13.2 Å². The number of halogens is 4. The monoisotopic (exact) mass is 477 g/mol. The number of nitrogens with one attached hydrogen (secondary N) is 1. The van der Waals surface area contributed by atoms with Gasteiger partial charge in [-0.05, 0) is 59.2 Å². The van der Waals surface area contributed by atoms with E-state index in [9.17, 15) is 13.2 Å². The van der Waals surface area contributed by atoms with Gasteiger partial charge in [0.25, 0.3) is 0 Å². The van der Waals surface area contributed by atoms with Gasteiger partial charge in [0, 0.05) is 10.7 Å². The molecular formula is C27H19ClF3N3. The second kappa shape index (κ2) is 8.54. The van der Waals surface area contributed by atoms with Gasteiger partial charge in [-0.15, -0.1) is 0 Å². The molecule has 0 radical (unpaired) electrons. The van der Waals surface area contributed by atoms with Crippen molar-refractivity contribution in [2.24, 2.45) is 0 Å². The Morgan fingerprint density at radius 2 is 1.41 bits per heavy atom. The Bertz CT molecular complexity index is 1550. The molecule has 0 atom stereocenters. The van der Waals surface area contributed by atoms with Crippen LogP contribution in [0.1, 0.15) is 11.1 Å². The van der Waals surface area contributed by atoms with Gasteiger partial charge in [-0.1, -0.05) is 66.2 Å². The Morgan fingerprint density at radius 1 is 0.735 bits per heavy atom. The van der Waals surface area contributed by atoms with E-state index in [-0.39, 0.29) is 5.62 Å². The van der Waals surface area contributed by atoms with E-state index in [0.29, 0.717) is 22.7 Å². The van der Waals surface area contributed by atoms with Crippen molar-refractivity contribution in [3.05, 3.63) is 119 Å². The molecule has 1 heterocycles. The zero-order valence-electron chi connectivity index (χ0n) is 17.9. The molecule has 0 amide bonds. The first-order valence-electron chi connectivity index (χ1n) is 10.6. The fraction of sp³-hybridized carbons (Fsp3) is 0.0741. The topological polar surface area (TPSA) is 33.7 Å². The number of nitrogens with zero attached hydrogens (tertiary/aromatic N) is 2. The number of fused-ring (bicyclic) bond motifs is 1. The smallest absolute Gasteiger partial charge is 0.306 e. The molecule has 7 heteroatoms. The van der Waals surface area contributed by atoms with Crippen LogP contribution in [0.4, 0.5) is 13.2 Å². The van der Waals surface area contributed by atoms with Crippen molar-refractivity contribution in [3.8, 4) is 16.8 Å². The number of para-hydroxylation sites is 2. The predicted octanol–water partition coefficient (Wildman–Crippen LogP) is 7.30. The second-order valence-electron chi connectivity index (χ2n) is 7.95. The van der Waals surface area contributed by atoms with Crippen LogP contribution in [0.25, 0.3) is 27.8 Å². The van der Waals surface area contributed by atoms with Crippen molar-refractivity contribution in [3.63, 3.8) is 0 Å². The maximum atomic E-state index is 13.1. The normalized spacial score (nSPS) is 11.8. The number of hydrogen-bond donors (Lipinski definition) is 1. The van der Waals surface area contributed by atoms with Gasteiger partial charge in [0.05, 0.1) is 23.1 Å². The van der Waals surface area contributed by atoms with Crippen LogP contribution in [0.2, 0.25) is 5.02 Å². The zero-order chi connectivity index (χ0) is 23.9. The Morgan fingerprint density at radius 3 is 2.12 bits per heavy atom. The maximum absolute atomic E-state index is 13.1. The molecule has 0 saturated carbocycles. The fourth-order valence-corrected chi connectivity index (χ4v) is 4.32. The summed E-state index contributed by atoms with van der Waals surface area (Å²) < 4.78 is 43.0. The van der Waals surface area contributed by atoms with E-state index in [0.717, 1.165) is 34.4 Å². The van der Waals surface area contributed by atoms with Crippen LogP contribution >= 0.6 is 11.6 Å². The first-order valence-corrected chi connectivity index (χ1v) is 11.0. The van der Waals surface area contributed by atoms with Crippen molar-refractivity contribution in [1.82, 2.24) is 9.13 Å². The third-order valence-electron chi connectivity index (χ3n) is 5.82. The summed E-state index contributed by atoms with van der Waals surface area (Å²) in [6.45, 7) is 0.439. The van der Waals surface area contributed by atoms with Crippen molar-refractivity contribution in [2.75, 3.05) is 0 Å². The molecule has 0 aliphatic heterocycles. The van der Waals surface area contributed by atoms with Gasteiger partial charge in [0.1, 0.15) is 0 Å². The molecule has 0 saturated heterocycles. The molecule has 0 bridgehead atoms. The number of benzene rings is 4. The van der Waals surface area contributed by atoms with E-state index in [4.69, 9.17) is 17.0 Å². The van der Waals surface area contributed by atoms with Crippen LogP contribution in [0.3, 0.4) is 0 Å². The summed E-state index contributed by atoms with van der Waals surface area (Å²) in [4.78, 5) is 0. The average Bonchev–Trinajstić information content (AvgIpc) is 3.11. The molecule has 0 aliphatic rings. The number of rotatable bonds is 4. The summed E-state index contributed by atoms with van der Waals surface area (Å²) in [7, 11) is 0. The largest absolute Gasteiger partial charge is 0.416 e. The highest BCUT2D eigenvalue weighted by atomic mass is 35.5. The zero-order valence-corrected chi connectivity index (χ0v) is 18.6. The molecule has 1 N–H and O–H groups in total. The summed E-state index contributed by atoms with van der Waals surface area (Å²) in [5.74, 6) is 0. The van der Waals surface area contributed by atoms with Crippen molar-refractivity contribution in [1.29, 1.82) is 5.41 Å². The first kappa shape index (κ1) is 22.0. The van der Waals surface area contributed by atoms with Gasteiger partial charge in [0.15, 0.2) is 0 Å². The second-order valence-corrected chi connectivity index (χ2v) is 8.36. The molecule has 0 spiro atoms. The molecular weight excluding hydrogens is 459 g/mol. The minimum Gasteiger partial charge on any atom is -0.306 e. The lowest BCUT2D eigenvalue weighted by Gasteiger charge is -2.10. The highest BCUT2D eigenvalue weighted by Gasteiger charge is 2.30. The quantitative estimate of drug-likeness (QED) is 0.282. The molecule has 3 nitrogen and oxygen atoms in total. The molecule has 0 aliphatic carbocycles. The van der Waals surface area contributed by atoms with Crippen LogP contribution in [-0.4, -0.2) is 9.13 Å². The molecule has 5 aromatic rings. The molecule has 0 unspecified atom stereocenters. The van der Waals surface area contributed by atoms with Crippen molar-refractivity contribution in [2.45, 2.75) is 12.7 Å². The van der Waals surface area contributed by atoms with E-state index in [1.807, 2.05) is 69.8 Å². The number of alkyl halides is 3. The van der Waals surface area contributed by atoms with Gasteiger partial charge in [-0.25, -0.2) is 0 Å². The van der Waals surface area contributed by atoms with Gasteiger partial charge in [-0.3, -0.25) is 9.98 Å². The lowest BCUT2D eigenvalue weighted by atomic mass is 10.0. The highest BCUT2D eigenvalue weighted by molar-refractivity contribution is 6.31. The number of hydrogen-bond acceptors (Lipinski definition) is 1. The van der Waals surface area contributed by atoms with E-state index >= 15 is 0 Å². The Labute approximate surface area is 198 Å². The minimum atomic E-state index is -4.39. The van der Waals surface area contributed by atoms with Crippen LogP contribution in [0, 0.1) is 5.41 Å². The summed E-state index contributed by atoms with van der Waals surface area (Å²) in [5.41, 5.74) is 4.13. The molecule has 34 heavy (non-hydrogen) atoms. The van der Waals surface area contributed by atoms with Crippen LogP contribution < -0.4 is 5.62 Å². The van der Waals surface area contributed by atoms with Gasteiger partial charge in [-0.2, -0.15) is 13.2 Å². The Balaban J connectivity index is 1.58. The van der Waals surface area contributed by atoms with E-state index in [2.05, 4.69) is 0 Å². The molecule has 1 aromatic heterocycles. The Kier molecular flexibility index (Phi) is 5.54. The van der Waals surface area contributed by atoms with E-state index in [1.54, 1.807) is 18.2 Å². The first-order chi connectivity index (χ1) is 16.3. The average molecular weight is 478 g/mol. The van der Waals surface area contributed by atoms with Crippen molar-refractivity contribution >= 4 is 22.6 Å². The number of aromatic nitrogens is 2. The van der Waals surface area contributed by atoms with Crippen LogP contribution in [0.15, 0.2) is 97.1 Å². The standard InChI is InChI=1S/C27H19ClF3N3/c28-23-9-2-1-6-20(23)17-33-24-10-3-4-11-25(24)34(26(33)32)22-14-12-18(13-15-22)19-7-5-8-21(16-19)27(29,30)31/h1-16,32H,17H2. The third kappa shape index (κ3) is 4.01. The molecule has 5 rings (SSSR count). The Hall–Kier alpha value is -3.77. The SMILES string of the molecule is N=c1n(Cc2ccccc2Cl)c2ccccc2n1-c1ccc(-c2cccc(C(F)(F)F)c2)cc1. The summed E-state index contributed by atoms with van der Waals surface area (Å²) in [6, 6.07) is 27.7. The molecule has 170 valence electrons. The lowest BCUT2D eigenvalue weighted by molar-refractivity contribution is -0.137. The van der Waals surface area contributed by atoms with Crippen LogP contribution in [0.5, 0.6) is 0 Å². The van der Waals surface area contributed by atoms with Gasteiger partial charge in [0.2, 0.25) is 5.62 Å². The molecule has 4 aromatic carbocycles. The van der Waals surface area contributed by atoms with Gasteiger partial charge < -0.3 is 4.57 Å². The predicted molar refractivity (Wildman–Crippen MR) is 128 cm³/mol. The molecule has 0 fully saturated rings. The van der Waals surface area contributed by atoms with Crippen LogP contribution in [-0.2, 0) is 12.7 Å². The fourth-order valence-electron chi connectivity index (χ4n) is 4.13. The van der Waals surface area contributed by atoms with E-state index < -0.39 is 11.7 Å². The highest BCUT2D eigenvalue weighted by Crippen LogP contribution is 2.32. The summed E-state index contributed by atoms with van der Waals surface area (Å²) in [5, 5.41) is 9.54. The minimum absolute atomic E-state index is 0.271. The lowest BCUT2D eigenvalue weighted by Crippen LogP contribution is -2.24. The number of imidazole rings is 1. The van der Waals surface area contributed by atoms with Gasteiger partial charge >= 0.3 is 6.18 Å². The summed E-state index contributed by atoms with van der Waals surface area (Å²) in [6.07, 6.45) is -4.39. The summed E-state index contributed by atoms with van der Waals surface area (Å²) >= 11 is 6.36. The van der Waals surface area contributed by atoms with E-state index in [1.165, 1.54) is 6.07 Å².